The van der Waals surface area contributed by atoms with Gasteiger partial charge in [-0.2, -0.15) is 13.2 Å². The van der Waals surface area contributed by atoms with E-state index in [-0.39, 0.29) is 26.8 Å². The first-order valence-electron chi connectivity index (χ1n) is 8.93. The Morgan fingerprint density at radius 3 is 2.47 bits per heavy atom. The van der Waals surface area contributed by atoms with Crippen molar-refractivity contribution >= 4 is 61.8 Å². The van der Waals surface area contributed by atoms with Crippen LogP contribution in [0.15, 0.2) is 53.6 Å². The zero-order valence-corrected chi connectivity index (χ0v) is 18.2. The maximum absolute atomic E-state index is 12.9. The minimum Gasteiger partial charge on any atom is -0.383 e. The third-order valence-corrected chi connectivity index (χ3v) is 5.82. The highest BCUT2D eigenvalue weighted by Crippen LogP contribution is 2.30. The van der Waals surface area contributed by atoms with Gasteiger partial charge < -0.3 is 15.8 Å². The number of pyridine rings is 1. The van der Waals surface area contributed by atoms with Crippen LogP contribution in [0.1, 0.15) is 10.4 Å². The molecule has 2 aromatic carbocycles. The summed E-state index contributed by atoms with van der Waals surface area (Å²) in [6.45, 7) is 0. The zero-order chi connectivity index (χ0) is 25.3. The predicted molar refractivity (Wildman–Crippen MR) is 116 cm³/mol. The molecule has 5 N–H and O–H groups in total. The number of rotatable bonds is 5. The number of esters is 2. The van der Waals surface area contributed by atoms with E-state index in [1.54, 1.807) is 0 Å². The highest BCUT2D eigenvalue weighted by Gasteiger charge is 2.42. The van der Waals surface area contributed by atoms with Crippen LogP contribution < -0.4 is 15.8 Å². The van der Waals surface area contributed by atoms with E-state index < -0.39 is 39.7 Å². The highest BCUT2D eigenvalue weighted by atomic mass is 35.5. The number of anilines is 2. The van der Waals surface area contributed by atoms with E-state index in [0.717, 1.165) is 12.1 Å². The van der Waals surface area contributed by atoms with Gasteiger partial charge in [0.05, 0.1) is 15.5 Å². The molecule has 15 heteroatoms. The van der Waals surface area contributed by atoms with Crippen LogP contribution in [0.5, 0.6) is 0 Å². The molecule has 3 rings (SSSR count). The summed E-state index contributed by atoms with van der Waals surface area (Å²) in [5.41, 5.74) is 4.63. The SMILES string of the molecule is N=C(N)Nc1ncc(Cl)c2ccc(S(=O)(=O)Nc3cccc(C(=O)OC(=O)C(F)(F)F)c3)cc12. The summed E-state index contributed by atoms with van der Waals surface area (Å²) < 4.78 is 68.6. The minimum absolute atomic E-state index is 0.0722. The molecule has 0 aliphatic carbocycles. The monoisotopic (exact) mass is 515 g/mol. The van der Waals surface area contributed by atoms with Crippen molar-refractivity contribution in [3.63, 3.8) is 0 Å². The third-order valence-electron chi connectivity index (χ3n) is 4.14. The summed E-state index contributed by atoms with van der Waals surface area (Å²) in [7, 11) is -4.28. The second kappa shape index (κ2) is 9.15. The van der Waals surface area contributed by atoms with Gasteiger partial charge in [-0.25, -0.2) is 23.0 Å². The van der Waals surface area contributed by atoms with E-state index in [0.29, 0.717) is 5.39 Å². The summed E-state index contributed by atoms with van der Waals surface area (Å²) in [6.07, 6.45) is -4.09. The summed E-state index contributed by atoms with van der Waals surface area (Å²) >= 11 is 6.09. The number of nitrogens with zero attached hydrogens (tertiary/aromatic N) is 1. The number of benzene rings is 2. The molecule has 0 atom stereocenters. The van der Waals surface area contributed by atoms with Gasteiger partial charge in [-0.1, -0.05) is 23.7 Å². The number of nitrogens with two attached hydrogens (primary N) is 1. The van der Waals surface area contributed by atoms with Crippen LogP contribution in [0, 0.1) is 5.41 Å². The molecule has 34 heavy (non-hydrogen) atoms. The largest absolute Gasteiger partial charge is 0.491 e. The number of hydrogen-bond acceptors (Lipinski definition) is 7. The molecule has 0 unspecified atom stereocenters. The van der Waals surface area contributed by atoms with E-state index in [1.165, 1.54) is 36.5 Å². The molecule has 0 radical (unpaired) electrons. The Kier molecular flexibility index (Phi) is 6.65. The fourth-order valence-corrected chi connectivity index (χ4v) is 4.00. The minimum atomic E-state index is -5.38. The molecule has 0 aliphatic rings. The van der Waals surface area contributed by atoms with Gasteiger partial charge in [0.15, 0.2) is 5.96 Å². The molecule has 1 heterocycles. The molecule has 0 aliphatic heterocycles. The summed E-state index contributed by atoms with van der Waals surface area (Å²) in [5, 5.41) is 10.7. The molecular formula is C19H13ClF3N5O5S. The summed E-state index contributed by atoms with van der Waals surface area (Å²) in [4.78, 5) is 26.4. The molecule has 3 aromatic rings. The molecule has 0 bridgehead atoms. The van der Waals surface area contributed by atoms with Gasteiger partial charge in [0.25, 0.3) is 10.0 Å². The molecule has 10 nitrogen and oxygen atoms in total. The lowest BCUT2D eigenvalue weighted by Crippen LogP contribution is -2.28. The van der Waals surface area contributed by atoms with Gasteiger partial charge in [0.2, 0.25) is 0 Å². The van der Waals surface area contributed by atoms with E-state index in [4.69, 9.17) is 22.7 Å². The Labute approximate surface area is 194 Å². The first-order chi connectivity index (χ1) is 15.8. The number of halogens is 4. The van der Waals surface area contributed by atoms with Crippen molar-refractivity contribution in [3.8, 4) is 0 Å². The summed E-state index contributed by atoms with van der Waals surface area (Å²) in [5.74, 6) is -4.70. The molecule has 0 amide bonds. The quantitative estimate of drug-likeness (QED) is 0.174. The van der Waals surface area contributed by atoms with Crippen LogP contribution in [0.2, 0.25) is 5.02 Å². The third kappa shape index (κ3) is 5.52. The lowest BCUT2D eigenvalue weighted by atomic mass is 10.1. The number of fused-ring (bicyclic) bond motifs is 1. The first-order valence-corrected chi connectivity index (χ1v) is 10.8. The lowest BCUT2D eigenvalue weighted by Gasteiger charge is -2.12. The molecule has 0 saturated heterocycles. The highest BCUT2D eigenvalue weighted by molar-refractivity contribution is 7.92. The lowest BCUT2D eigenvalue weighted by molar-refractivity contribution is -0.193. The average Bonchev–Trinajstić information content (AvgIpc) is 2.74. The normalized spacial score (nSPS) is 11.6. The van der Waals surface area contributed by atoms with Crippen molar-refractivity contribution in [2.45, 2.75) is 11.1 Å². The number of alkyl halides is 3. The Hall–Kier alpha value is -3.91. The van der Waals surface area contributed by atoms with Gasteiger partial charge >= 0.3 is 18.1 Å². The number of carbonyl (C=O) groups is 2. The molecule has 0 saturated carbocycles. The second-order valence-electron chi connectivity index (χ2n) is 6.56. The number of nitrogens with one attached hydrogen (secondary N) is 3. The number of aromatic nitrogens is 1. The predicted octanol–water partition coefficient (Wildman–Crippen LogP) is 3.24. The van der Waals surface area contributed by atoms with Crippen molar-refractivity contribution in [2.75, 3.05) is 10.0 Å². The maximum atomic E-state index is 12.9. The van der Waals surface area contributed by atoms with Crippen LogP contribution in [-0.4, -0.2) is 37.5 Å². The van der Waals surface area contributed by atoms with Crippen molar-refractivity contribution < 1.29 is 35.9 Å². The number of hydrogen-bond donors (Lipinski definition) is 4. The smallest absolute Gasteiger partial charge is 0.383 e. The number of carbonyl (C=O) groups excluding carboxylic acids is 2. The van der Waals surface area contributed by atoms with E-state index in [2.05, 4.69) is 19.8 Å². The van der Waals surface area contributed by atoms with Crippen LogP contribution in [0.25, 0.3) is 10.8 Å². The van der Waals surface area contributed by atoms with Crippen LogP contribution in [-0.2, 0) is 19.6 Å². The van der Waals surface area contributed by atoms with Crippen LogP contribution in [0.4, 0.5) is 24.7 Å². The topological polar surface area (TPSA) is 164 Å². The van der Waals surface area contributed by atoms with Gasteiger partial charge in [0, 0.05) is 22.7 Å². The fraction of sp³-hybridized carbons (Fsp3) is 0.0526. The number of sulfonamides is 1. The van der Waals surface area contributed by atoms with Crippen LogP contribution >= 0.6 is 11.6 Å². The number of ether oxygens (including phenoxy) is 1. The number of guanidine groups is 1. The fourth-order valence-electron chi connectivity index (χ4n) is 2.71. The average molecular weight is 516 g/mol. The second-order valence-corrected chi connectivity index (χ2v) is 8.65. The Bertz CT molecular complexity index is 1430. The molecule has 1 aromatic heterocycles. The molecule has 0 fully saturated rings. The Morgan fingerprint density at radius 2 is 1.82 bits per heavy atom. The zero-order valence-electron chi connectivity index (χ0n) is 16.6. The van der Waals surface area contributed by atoms with Gasteiger partial charge in [0.1, 0.15) is 5.82 Å². The first kappa shape index (κ1) is 24.7. The molecular weight excluding hydrogens is 503 g/mol. The van der Waals surface area contributed by atoms with Crippen molar-refractivity contribution in [2.24, 2.45) is 5.73 Å². The van der Waals surface area contributed by atoms with Crippen molar-refractivity contribution in [3.05, 3.63) is 59.2 Å². The van der Waals surface area contributed by atoms with Crippen LogP contribution in [0.3, 0.4) is 0 Å². The summed E-state index contributed by atoms with van der Waals surface area (Å²) in [6, 6.07) is 8.17. The van der Waals surface area contributed by atoms with Crippen molar-refractivity contribution in [1.82, 2.24) is 4.98 Å². The van der Waals surface area contributed by atoms with Gasteiger partial charge in [-0.3, -0.25) is 10.1 Å². The molecule has 178 valence electrons. The maximum Gasteiger partial charge on any atom is 0.491 e. The van der Waals surface area contributed by atoms with E-state index >= 15 is 0 Å². The van der Waals surface area contributed by atoms with E-state index in [1.807, 2.05) is 0 Å². The van der Waals surface area contributed by atoms with Crippen molar-refractivity contribution in [1.29, 1.82) is 5.41 Å². The van der Waals surface area contributed by atoms with Gasteiger partial charge in [-0.05, 0) is 30.3 Å². The molecule has 0 spiro atoms. The standard InChI is InChI=1S/C19H13ClF3N5O5S/c20-14-8-26-15(27-18(24)25)13-7-11(4-5-12(13)14)34(31,32)28-10-3-1-2-9(6-10)16(29)33-17(30)19(21,22)23/h1-8,28H,(H4,24,25,26,27). The Balaban J connectivity index is 1.92. The Morgan fingerprint density at radius 1 is 1.12 bits per heavy atom. The van der Waals surface area contributed by atoms with Gasteiger partial charge in [-0.15, -0.1) is 0 Å². The van der Waals surface area contributed by atoms with E-state index in [9.17, 15) is 31.2 Å².